The van der Waals surface area contributed by atoms with Gasteiger partial charge in [0, 0.05) is 12.3 Å². The molecule has 0 fully saturated rings. The molecule has 18 heavy (non-hydrogen) atoms. The Hall–Kier alpha value is -0.890. The molecule has 0 aliphatic carbocycles. The van der Waals surface area contributed by atoms with E-state index in [0.29, 0.717) is 24.6 Å². The van der Waals surface area contributed by atoms with Crippen LogP contribution >= 0.6 is 11.6 Å². The summed E-state index contributed by atoms with van der Waals surface area (Å²) in [5.74, 6) is -3.42. The average molecular weight is 291 g/mol. The van der Waals surface area contributed by atoms with Crippen molar-refractivity contribution in [2.75, 3.05) is 12.5 Å². The highest BCUT2D eigenvalue weighted by atomic mass is 35.5. The van der Waals surface area contributed by atoms with Gasteiger partial charge in [0.25, 0.3) is 0 Å². The van der Waals surface area contributed by atoms with Crippen LogP contribution in [0.5, 0.6) is 0 Å². The van der Waals surface area contributed by atoms with Gasteiger partial charge in [0.1, 0.15) is 13.2 Å². The highest BCUT2D eigenvalue weighted by Gasteiger charge is 2.41. The maximum Gasteiger partial charge on any atom is 0.330 e. The predicted molar refractivity (Wildman–Crippen MR) is 53.9 cm³/mol. The van der Waals surface area contributed by atoms with Crippen molar-refractivity contribution >= 4 is 11.6 Å². The van der Waals surface area contributed by atoms with Crippen LogP contribution in [0.25, 0.3) is 0 Å². The summed E-state index contributed by atoms with van der Waals surface area (Å²) in [6.45, 7) is -1.80. The zero-order valence-corrected chi connectivity index (χ0v) is 9.97. The summed E-state index contributed by atoms with van der Waals surface area (Å²) in [4.78, 5) is 3.82. The first kappa shape index (κ1) is 15.2. The Bertz CT molecular complexity index is 362. The van der Waals surface area contributed by atoms with Gasteiger partial charge >= 0.3 is 12.3 Å². The minimum atomic E-state index is -4.18. The molecule has 4 nitrogen and oxygen atoms in total. The van der Waals surface area contributed by atoms with E-state index in [9.17, 15) is 17.6 Å². The van der Waals surface area contributed by atoms with Crippen LogP contribution in [0.3, 0.4) is 0 Å². The van der Waals surface area contributed by atoms with Gasteiger partial charge in [0.2, 0.25) is 5.89 Å². The first-order chi connectivity index (χ1) is 8.45. The number of hydrogen-bond donors (Lipinski definition) is 0. The van der Waals surface area contributed by atoms with E-state index < -0.39 is 25.6 Å². The minimum absolute atomic E-state index is 0.0321. The molecule has 1 heterocycles. The second-order valence-electron chi connectivity index (χ2n) is 3.45. The number of hydrogen-bond acceptors (Lipinski definition) is 4. The fourth-order valence-corrected chi connectivity index (χ4v) is 1.14. The Morgan fingerprint density at radius 3 is 2.72 bits per heavy atom. The maximum absolute atomic E-state index is 12.5. The smallest absolute Gasteiger partial charge is 0.330 e. The van der Waals surface area contributed by atoms with E-state index in [2.05, 4.69) is 14.9 Å². The number of aromatic nitrogens is 2. The molecule has 1 aromatic rings. The molecule has 0 unspecified atom stereocenters. The summed E-state index contributed by atoms with van der Waals surface area (Å²) in [6, 6.07) is 0. The average Bonchev–Trinajstić information content (AvgIpc) is 2.74. The van der Waals surface area contributed by atoms with E-state index in [0.717, 1.165) is 0 Å². The molecule has 0 aromatic carbocycles. The van der Waals surface area contributed by atoms with E-state index in [1.807, 2.05) is 0 Å². The van der Waals surface area contributed by atoms with Crippen molar-refractivity contribution in [1.82, 2.24) is 10.1 Å². The van der Waals surface area contributed by atoms with E-state index in [-0.39, 0.29) is 5.82 Å². The van der Waals surface area contributed by atoms with Crippen LogP contribution in [0.2, 0.25) is 0 Å². The molecule has 0 N–H and O–H groups in total. The molecule has 0 aliphatic rings. The van der Waals surface area contributed by atoms with Gasteiger partial charge in [-0.1, -0.05) is 5.16 Å². The van der Waals surface area contributed by atoms with Gasteiger partial charge in [0.05, 0.1) is 0 Å². The fourth-order valence-electron chi connectivity index (χ4n) is 1.01. The second-order valence-corrected chi connectivity index (χ2v) is 3.83. The molecule has 0 atom stereocenters. The largest absolute Gasteiger partial charge is 0.367 e. The second kappa shape index (κ2) is 6.89. The normalized spacial score (nSPS) is 12.3. The third-order valence-electron chi connectivity index (χ3n) is 1.88. The molecule has 0 amide bonds. The molecular formula is C9H11ClF4N2O2. The first-order valence-electron chi connectivity index (χ1n) is 5.07. The quantitative estimate of drug-likeness (QED) is 0.545. The lowest BCUT2D eigenvalue weighted by molar-refractivity contribution is -0.168. The van der Waals surface area contributed by atoms with Crippen LogP contribution in [0, 0.1) is 0 Å². The Kier molecular flexibility index (Phi) is 5.80. The lowest BCUT2D eigenvalue weighted by Gasteiger charge is -2.14. The number of halogens is 5. The lowest BCUT2D eigenvalue weighted by Crippen LogP contribution is -2.32. The molecule has 0 saturated heterocycles. The monoisotopic (exact) mass is 290 g/mol. The Balaban J connectivity index is 2.33. The highest BCUT2D eigenvalue weighted by molar-refractivity contribution is 6.17. The van der Waals surface area contributed by atoms with Crippen molar-refractivity contribution in [3.8, 4) is 0 Å². The molecule has 0 saturated carbocycles. The third-order valence-corrected chi connectivity index (χ3v) is 2.15. The Morgan fingerprint density at radius 2 is 2.11 bits per heavy atom. The van der Waals surface area contributed by atoms with Gasteiger partial charge in [-0.25, -0.2) is 8.78 Å². The van der Waals surface area contributed by atoms with Crippen LogP contribution in [-0.2, 0) is 17.8 Å². The Morgan fingerprint density at radius 1 is 1.39 bits per heavy atom. The van der Waals surface area contributed by atoms with E-state index in [4.69, 9.17) is 16.1 Å². The van der Waals surface area contributed by atoms with Crippen LogP contribution in [-0.4, -0.2) is 35.0 Å². The first-order valence-corrected chi connectivity index (χ1v) is 5.60. The molecule has 1 aromatic heterocycles. The molecule has 0 aliphatic heterocycles. The third kappa shape index (κ3) is 4.77. The van der Waals surface area contributed by atoms with Crippen LogP contribution < -0.4 is 0 Å². The number of aryl methyl sites for hydroxylation is 1. The summed E-state index contributed by atoms with van der Waals surface area (Å²) >= 11 is 5.45. The molecule has 0 radical (unpaired) electrons. The molecule has 0 bridgehead atoms. The summed E-state index contributed by atoms with van der Waals surface area (Å²) in [5, 5.41) is 3.45. The standard InChI is InChI=1S/C9H11ClF4N2O2/c10-3-1-2-7-15-6(16-18-7)4-17-5-9(13,14)8(11)12/h8H,1-5H2. The van der Waals surface area contributed by atoms with Crippen molar-refractivity contribution in [3.05, 3.63) is 11.7 Å². The molecule has 0 spiro atoms. The minimum Gasteiger partial charge on any atom is -0.367 e. The van der Waals surface area contributed by atoms with Crippen LogP contribution in [0.4, 0.5) is 17.6 Å². The van der Waals surface area contributed by atoms with Crippen molar-refractivity contribution in [1.29, 1.82) is 0 Å². The molecule has 9 heteroatoms. The number of nitrogens with zero attached hydrogens (tertiary/aromatic N) is 2. The van der Waals surface area contributed by atoms with Gasteiger partial charge in [-0.2, -0.15) is 13.8 Å². The number of alkyl halides is 5. The van der Waals surface area contributed by atoms with Crippen LogP contribution in [0.1, 0.15) is 18.1 Å². The van der Waals surface area contributed by atoms with Crippen LogP contribution in [0.15, 0.2) is 4.52 Å². The highest BCUT2D eigenvalue weighted by Crippen LogP contribution is 2.23. The predicted octanol–water partition coefficient (Wildman–Crippen LogP) is 2.66. The zero-order valence-electron chi connectivity index (χ0n) is 9.21. The Labute approximate surface area is 105 Å². The maximum atomic E-state index is 12.5. The summed E-state index contributed by atoms with van der Waals surface area (Å²) in [5.41, 5.74) is 0. The van der Waals surface area contributed by atoms with E-state index in [1.54, 1.807) is 0 Å². The van der Waals surface area contributed by atoms with Crippen molar-refractivity contribution in [3.63, 3.8) is 0 Å². The fraction of sp³-hybridized carbons (Fsp3) is 0.778. The van der Waals surface area contributed by atoms with Gasteiger partial charge in [-0.15, -0.1) is 11.6 Å². The van der Waals surface area contributed by atoms with Gasteiger partial charge in [-0.3, -0.25) is 0 Å². The summed E-state index contributed by atoms with van der Waals surface area (Å²) < 4.78 is 57.7. The van der Waals surface area contributed by atoms with Crippen molar-refractivity contribution in [2.45, 2.75) is 31.8 Å². The summed E-state index contributed by atoms with van der Waals surface area (Å²) in [6.07, 6.45) is -2.67. The molecular weight excluding hydrogens is 280 g/mol. The zero-order chi connectivity index (χ0) is 13.6. The number of ether oxygens (including phenoxy) is 1. The van der Waals surface area contributed by atoms with E-state index >= 15 is 0 Å². The molecule has 1 rings (SSSR count). The van der Waals surface area contributed by atoms with Crippen molar-refractivity contribution in [2.24, 2.45) is 0 Å². The topological polar surface area (TPSA) is 48.2 Å². The number of rotatable bonds is 8. The van der Waals surface area contributed by atoms with E-state index in [1.165, 1.54) is 0 Å². The van der Waals surface area contributed by atoms with Gasteiger partial charge in [0.15, 0.2) is 5.82 Å². The SMILES string of the molecule is FC(F)C(F)(F)COCc1noc(CCCCl)n1. The van der Waals surface area contributed by atoms with Gasteiger partial charge < -0.3 is 9.26 Å². The summed E-state index contributed by atoms with van der Waals surface area (Å²) in [7, 11) is 0. The van der Waals surface area contributed by atoms with Crippen molar-refractivity contribution < 1.29 is 26.8 Å². The van der Waals surface area contributed by atoms with Gasteiger partial charge in [-0.05, 0) is 6.42 Å². The molecule has 104 valence electrons. The lowest BCUT2D eigenvalue weighted by atomic mass is 10.3.